The number of ether oxygens (including phenoxy) is 1. The molecular formula is C22H24F2N2O2. The number of benzene rings is 1. The second kappa shape index (κ2) is 8.19. The summed E-state index contributed by atoms with van der Waals surface area (Å²) in [6.45, 7) is 5.56. The van der Waals surface area contributed by atoms with Crippen molar-refractivity contribution in [3.8, 4) is 17.0 Å². The van der Waals surface area contributed by atoms with Gasteiger partial charge < -0.3 is 9.84 Å². The van der Waals surface area contributed by atoms with Gasteiger partial charge in [-0.25, -0.2) is 8.78 Å². The number of halogens is 2. The predicted octanol–water partition coefficient (Wildman–Crippen LogP) is 5.41. The molecule has 148 valence electrons. The number of nitrogens with zero attached hydrogens (tertiary/aromatic N) is 2. The van der Waals surface area contributed by atoms with Gasteiger partial charge in [0.25, 0.3) is 6.43 Å². The van der Waals surface area contributed by atoms with E-state index in [9.17, 15) is 13.9 Å². The van der Waals surface area contributed by atoms with Crippen LogP contribution in [0.2, 0.25) is 0 Å². The summed E-state index contributed by atoms with van der Waals surface area (Å²) in [5.41, 5.74) is 0.946. The molecule has 1 unspecified atom stereocenters. The van der Waals surface area contributed by atoms with Crippen LogP contribution in [-0.4, -0.2) is 27.3 Å². The number of hydrogen-bond donors (Lipinski definition) is 1. The minimum atomic E-state index is -2.69. The fourth-order valence-electron chi connectivity index (χ4n) is 3.36. The summed E-state index contributed by atoms with van der Waals surface area (Å²) >= 11 is 0. The first-order valence-electron chi connectivity index (χ1n) is 9.22. The summed E-state index contributed by atoms with van der Waals surface area (Å²) < 4.78 is 33.0. The topological polar surface area (TPSA) is 55.2 Å². The van der Waals surface area contributed by atoms with Crippen molar-refractivity contribution in [3.05, 3.63) is 54.4 Å². The number of fused-ring (bicyclic) bond motifs is 1. The molecule has 0 saturated heterocycles. The van der Waals surface area contributed by atoms with Crippen LogP contribution in [0.1, 0.15) is 39.2 Å². The number of pyridine rings is 2. The molecule has 0 aliphatic carbocycles. The average Bonchev–Trinajstić information content (AvgIpc) is 2.64. The van der Waals surface area contributed by atoms with Crippen LogP contribution in [0.4, 0.5) is 8.78 Å². The Balaban J connectivity index is 1.89. The van der Waals surface area contributed by atoms with E-state index in [0.717, 1.165) is 16.5 Å². The Hall–Kier alpha value is -2.60. The maximum absolute atomic E-state index is 13.7. The van der Waals surface area contributed by atoms with E-state index in [0.29, 0.717) is 12.1 Å². The number of hydrogen-bond acceptors (Lipinski definition) is 4. The van der Waals surface area contributed by atoms with Crippen molar-refractivity contribution in [1.29, 1.82) is 0 Å². The van der Waals surface area contributed by atoms with Crippen LogP contribution in [0, 0.1) is 5.92 Å². The predicted molar refractivity (Wildman–Crippen MR) is 106 cm³/mol. The van der Waals surface area contributed by atoms with Gasteiger partial charge in [0.05, 0.1) is 35.2 Å². The second-order valence-electron chi connectivity index (χ2n) is 7.72. The molecule has 2 aromatic heterocycles. The van der Waals surface area contributed by atoms with Gasteiger partial charge >= 0.3 is 0 Å². The van der Waals surface area contributed by atoms with Crippen LogP contribution >= 0.6 is 0 Å². The van der Waals surface area contributed by atoms with Crippen LogP contribution in [-0.2, 0) is 0 Å². The number of aromatic nitrogens is 2. The number of aliphatic hydroxyl groups is 1. The molecule has 0 saturated carbocycles. The van der Waals surface area contributed by atoms with Crippen LogP contribution in [0.15, 0.2) is 48.8 Å². The summed E-state index contributed by atoms with van der Waals surface area (Å²) in [5, 5.41) is 10.7. The Morgan fingerprint density at radius 3 is 2.61 bits per heavy atom. The number of para-hydroxylation sites is 1. The van der Waals surface area contributed by atoms with Gasteiger partial charge in [0, 0.05) is 17.1 Å². The molecule has 0 radical (unpaired) electrons. The molecule has 0 aliphatic rings. The van der Waals surface area contributed by atoms with Crippen molar-refractivity contribution in [2.24, 2.45) is 5.92 Å². The van der Waals surface area contributed by atoms with Gasteiger partial charge in [0.1, 0.15) is 5.75 Å². The molecule has 3 rings (SSSR count). The molecular weight excluding hydrogens is 362 g/mol. The maximum Gasteiger partial charge on any atom is 0.267 e. The molecule has 0 bridgehead atoms. The van der Waals surface area contributed by atoms with Gasteiger partial charge in [-0.1, -0.05) is 25.1 Å². The molecule has 2 heterocycles. The van der Waals surface area contributed by atoms with Crippen molar-refractivity contribution < 1.29 is 18.6 Å². The highest BCUT2D eigenvalue weighted by Gasteiger charge is 2.21. The van der Waals surface area contributed by atoms with Gasteiger partial charge in [-0.2, -0.15) is 0 Å². The van der Waals surface area contributed by atoms with Gasteiger partial charge in [0.2, 0.25) is 0 Å². The molecule has 1 atom stereocenters. The molecule has 0 fully saturated rings. The van der Waals surface area contributed by atoms with E-state index in [2.05, 4.69) is 9.97 Å². The Bertz CT molecular complexity index is 949. The van der Waals surface area contributed by atoms with E-state index < -0.39 is 12.0 Å². The Morgan fingerprint density at radius 1 is 1.14 bits per heavy atom. The zero-order valence-electron chi connectivity index (χ0n) is 16.2. The van der Waals surface area contributed by atoms with Crippen molar-refractivity contribution >= 4 is 10.9 Å². The van der Waals surface area contributed by atoms with Crippen LogP contribution in [0.5, 0.6) is 5.75 Å². The number of rotatable bonds is 7. The summed E-state index contributed by atoms with van der Waals surface area (Å²) in [6.07, 6.45) is 0.813. The second-order valence-corrected chi connectivity index (χ2v) is 7.72. The van der Waals surface area contributed by atoms with Crippen molar-refractivity contribution in [2.45, 2.75) is 39.2 Å². The first kappa shape index (κ1) is 20.1. The van der Waals surface area contributed by atoms with Gasteiger partial charge in [0.15, 0.2) is 0 Å². The summed E-state index contributed by atoms with van der Waals surface area (Å²) in [6, 6.07) is 10.7. The SMILES string of the molecule is CC(COc1cnc(-c2ccnc3ccccc23)cc1C(F)F)CC(C)(C)O. The first-order valence-corrected chi connectivity index (χ1v) is 9.22. The van der Waals surface area contributed by atoms with E-state index >= 15 is 0 Å². The monoisotopic (exact) mass is 386 g/mol. The lowest BCUT2D eigenvalue weighted by molar-refractivity contribution is 0.0458. The summed E-state index contributed by atoms with van der Waals surface area (Å²) in [4.78, 5) is 8.66. The highest BCUT2D eigenvalue weighted by molar-refractivity contribution is 5.93. The molecule has 28 heavy (non-hydrogen) atoms. The standard InChI is InChI=1S/C22H24F2N2O2/c1-14(11-22(2,3)27)13-28-20-12-26-19(10-17(20)21(23)24)16-8-9-25-18-7-5-4-6-15(16)18/h4-10,12,14,21,27H,11,13H2,1-3H3. The lowest BCUT2D eigenvalue weighted by Crippen LogP contribution is -2.25. The highest BCUT2D eigenvalue weighted by atomic mass is 19.3. The fraction of sp³-hybridized carbons (Fsp3) is 0.364. The molecule has 6 heteroatoms. The van der Waals surface area contributed by atoms with Crippen LogP contribution < -0.4 is 4.74 Å². The maximum atomic E-state index is 13.7. The van der Waals surface area contributed by atoms with Crippen LogP contribution in [0.3, 0.4) is 0 Å². The average molecular weight is 386 g/mol. The quantitative estimate of drug-likeness (QED) is 0.590. The smallest absolute Gasteiger partial charge is 0.267 e. The molecule has 0 spiro atoms. The van der Waals surface area contributed by atoms with E-state index in [1.807, 2.05) is 31.2 Å². The van der Waals surface area contributed by atoms with Gasteiger partial charge in [-0.3, -0.25) is 9.97 Å². The Kier molecular flexibility index (Phi) is 5.89. The molecule has 1 N–H and O–H groups in total. The van der Waals surface area contributed by atoms with Gasteiger partial charge in [-0.05, 0) is 44.4 Å². The van der Waals surface area contributed by atoms with Crippen LogP contribution in [0.25, 0.3) is 22.2 Å². The summed E-state index contributed by atoms with van der Waals surface area (Å²) in [5.74, 6) is 0.0778. The number of alkyl halides is 2. The third kappa shape index (κ3) is 4.81. The van der Waals surface area contributed by atoms with E-state index in [1.165, 1.54) is 12.3 Å². The Labute approximate surface area is 163 Å². The highest BCUT2D eigenvalue weighted by Crippen LogP contribution is 2.34. The fourth-order valence-corrected chi connectivity index (χ4v) is 3.36. The summed E-state index contributed by atoms with van der Waals surface area (Å²) in [7, 11) is 0. The lowest BCUT2D eigenvalue weighted by Gasteiger charge is -2.22. The molecule has 0 aliphatic heterocycles. The zero-order valence-corrected chi connectivity index (χ0v) is 16.2. The molecule has 0 amide bonds. The third-order valence-electron chi connectivity index (χ3n) is 4.43. The first-order chi connectivity index (χ1) is 13.2. The minimum absolute atomic E-state index is 0.00865. The zero-order chi connectivity index (χ0) is 20.3. The van der Waals surface area contributed by atoms with Gasteiger partial charge in [-0.15, -0.1) is 0 Å². The van der Waals surface area contributed by atoms with Crippen molar-refractivity contribution in [3.63, 3.8) is 0 Å². The lowest BCUT2D eigenvalue weighted by atomic mass is 9.96. The van der Waals surface area contributed by atoms with E-state index in [-0.39, 0.29) is 23.8 Å². The molecule has 4 nitrogen and oxygen atoms in total. The minimum Gasteiger partial charge on any atom is -0.491 e. The normalized spacial score (nSPS) is 13.1. The molecule has 3 aromatic rings. The Morgan fingerprint density at radius 2 is 1.89 bits per heavy atom. The largest absolute Gasteiger partial charge is 0.491 e. The van der Waals surface area contributed by atoms with Crippen molar-refractivity contribution in [1.82, 2.24) is 9.97 Å². The van der Waals surface area contributed by atoms with Crippen molar-refractivity contribution in [2.75, 3.05) is 6.61 Å². The molecule has 1 aromatic carbocycles. The third-order valence-corrected chi connectivity index (χ3v) is 4.43. The van der Waals surface area contributed by atoms with E-state index in [4.69, 9.17) is 4.74 Å². The van der Waals surface area contributed by atoms with E-state index in [1.54, 1.807) is 26.1 Å².